The fourth-order valence-corrected chi connectivity index (χ4v) is 1.61. The van der Waals surface area contributed by atoms with Crippen molar-refractivity contribution in [3.05, 3.63) is 47.9 Å². The summed E-state index contributed by atoms with van der Waals surface area (Å²) in [7, 11) is 0. The smallest absolute Gasteiger partial charge is 0.275 e. The van der Waals surface area contributed by atoms with Crippen molar-refractivity contribution in [3.8, 4) is 0 Å². The van der Waals surface area contributed by atoms with Crippen molar-refractivity contribution in [3.63, 3.8) is 0 Å². The number of amides is 1. The zero-order valence-corrected chi connectivity index (χ0v) is 12.2. The van der Waals surface area contributed by atoms with Gasteiger partial charge in [-0.05, 0) is 18.1 Å². The second-order valence-electron chi connectivity index (χ2n) is 5.14. The number of carbonyl (C=O) groups is 1. The maximum absolute atomic E-state index is 13.1. The molecule has 0 radical (unpaired) electrons. The summed E-state index contributed by atoms with van der Waals surface area (Å²) < 4.78 is 25.9. The van der Waals surface area contributed by atoms with E-state index in [9.17, 15) is 13.6 Å². The standard InChI is InChI=1S/C15H16F2N4O/c1-9(2)6-19-14-8-18-13(7-20-14)15(22)21-10-3-4-11(16)12(17)5-10/h3-5,7-9H,6H2,1-2H3,(H,19,20)(H,21,22). The van der Waals surface area contributed by atoms with Gasteiger partial charge in [0.05, 0.1) is 12.4 Å². The van der Waals surface area contributed by atoms with Crippen LogP contribution in [0.5, 0.6) is 0 Å². The van der Waals surface area contributed by atoms with E-state index >= 15 is 0 Å². The van der Waals surface area contributed by atoms with Gasteiger partial charge < -0.3 is 10.6 Å². The number of nitrogens with zero attached hydrogens (tertiary/aromatic N) is 2. The third kappa shape index (κ3) is 4.21. The molecule has 5 nitrogen and oxygen atoms in total. The molecule has 2 aromatic rings. The fourth-order valence-electron chi connectivity index (χ4n) is 1.61. The van der Waals surface area contributed by atoms with Crippen molar-refractivity contribution in [1.82, 2.24) is 9.97 Å². The maximum Gasteiger partial charge on any atom is 0.275 e. The molecule has 2 rings (SSSR count). The molecule has 0 atom stereocenters. The van der Waals surface area contributed by atoms with E-state index in [1.54, 1.807) is 0 Å². The molecule has 0 aliphatic heterocycles. The van der Waals surface area contributed by atoms with E-state index < -0.39 is 17.5 Å². The molecule has 116 valence electrons. The average Bonchev–Trinajstić information content (AvgIpc) is 2.49. The molecule has 1 amide bonds. The minimum absolute atomic E-state index is 0.0832. The Morgan fingerprint density at radius 1 is 1.18 bits per heavy atom. The fraction of sp³-hybridized carbons (Fsp3) is 0.267. The SMILES string of the molecule is CC(C)CNc1cnc(C(=O)Nc2ccc(F)c(F)c2)cn1. The Bertz CT molecular complexity index is 659. The highest BCUT2D eigenvalue weighted by atomic mass is 19.2. The molecule has 0 aliphatic rings. The molecule has 7 heteroatoms. The topological polar surface area (TPSA) is 66.9 Å². The van der Waals surface area contributed by atoms with Crippen molar-refractivity contribution >= 4 is 17.4 Å². The van der Waals surface area contributed by atoms with Crippen molar-refractivity contribution in [2.24, 2.45) is 5.92 Å². The lowest BCUT2D eigenvalue weighted by Gasteiger charge is -2.08. The minimum atomic E-state index is -1.03. The van der Waals surface area contributed by atoms with Gasteiger partial charge in [0.15, 0.2) is 11.6 Å². The van der Waals surface area contributed by atoms with Crippen LogP contribution in [0.1, 0.15) is 24.3 Å². The summed E-state index contributed by atoms with van der Waals surface area (Å²) in [4.78, 5) is 20.0. The Morgan fingerprint density at radius 3 is 2.55 bits per heavy atom. The number of nitrogens with one attached hydrogen (secondary N) is 2. The van der Waals surface area contributed by atoms with E-state index in [2.05, 4.69) is 34.4 Å². The molecule has 22 heavy (non-hydrogen) atoms. The highest BCUT2D eigenvalue weighted by molar-refractivity contribution is 6.02. The molecule has 0 fully saturated rings. The minimum Gasteiger partial charge on any atom is -0.369 e. The maximum atomic E-state index is 13.1. The van der Waals surface area contributed by atoms with E-state index in [-0.39, 0.29) is 11.4 Å². The van der Waals surface area contributed by atoms with Crippen LogP contribution in [0.2, 0.25) is 0 Å². The third-order valence-corrected chi connectivity index (χ3v) is 2.75. The van der Waals surface area contributed by atoms with Crippen molar-refractivity contribution in [1.29, 1.82) is 0 Å². The first kappa shape index (κ1) is 15.8. The zero-order valence-electron chi connectivity index (χ0n) is 12.2. The molecule has 0 saturated heterocycles. The summed E-state index contributed by atoms with van der Waals surface area (Å²) in [5.41, 5.74) is 0.229. The molecule has 0 saturated carbocycles. The van der Waals surface area contributed by atoms with Crippen molar-refractivity contribution in [2.45, 2.75) is 13.8 Å². The summed E-state index contributed by atoms with van der Waals surface area (Å²) >= 11 is 0. The number of anilines is 2. The Kier molecular flexibility index (Phi) is 4.98. The number of aromatic nitrogens is 2. The van der Waals surface area contributed by atoms with E-state index in [1.807, 2.05) is 0 Å². The van der Waals surface area contributed by atoms with Gasteiger partial charge in [-0.1, -0.05) is 13.8 Å². The van der Waals surface area contributed by atoms with Gasteiger partial charge in [-0.25, -0.2) is 18.7 Å². The molecular weight excluding hydrogens is 290 g/mol. The van der Waals surface area contributed by atoms with Crippen LogP contribution >= 0.6 is 0 Å². The van der Waals surface area contributed by atoms with Gasteiger partial charge in [-0.15, -0.1) is 0 Å². The highest BCUT2D eigenvalue weighted by Gasteiger charge is 2.10. The largest absolute Gasteiger partial charge is 0.369 e. The third-order valence-electron chi connectivity index (χ3n) is 2.75. The molecule has 0 aliphatic carbocycles. The van der Waals surface area contributed by atoms with Crippen LogP contribution in [0.4, 0.5) is 20.3 Å². The summed E-state index contributed by atoms with van der Waals surface area (Å²) in [6.45, 7) is 4.86. The lowest BCUT2D eigenvalue weighted by molar-refractivity contribution is 0.102. The normalized spacial score (nSPS) is 10.6. The van der Waals surface area contributed by atoms with Crippen LogP contribution in [0.25, 0.3) is 0 Å². The molecule has 0 unspecified atom stereocenters. The van der Waals surface area contributed by atoms with Gasteiger partial charge in [0.25, 0.3) is 5.91 Å². The predicted molar refractivity (Wildman–Crippen MR) is 79.7 cm³/mol. The predicted octanol–water partition coefficient (Wildman–Crippen LogP) is 3.08. The van der Waals surface area contributed by atoms with Crippen LogP contribution in [0.3, 0.4) is 0 Å². The monoisotopic (exact) mass is 306 g/mol. The summed E-state index contributed by atoms with van der Waals surface area (Å²) in [5.74, 6) is -1.53. The first-order valence-electron chi connectivity index (χ1n) is 6.78. The Hall–Kier alpha value is -2.57. The van der Waals surface area contributed by atoms with E-state index in [4.69, 9.17) is 0 Å². The number of benzene rings is 1. The summed E-state index contributed by atoms with van der Waals surface area (Å²) in [6, 6.07) is 3.11. The van der Waals surface area contributed by atoms with Crippen LogP contribution in [0, 0.1) is 17.6 Å². The van der Waals surface area contributed by atoms with Gasteiger partial charge in [-0.2, -0.15) is 0 Å². The first-order valence-corrected chi connectivity index (χ1v) is 6.78. The van der Waals surface area contributed by atoms with E-state index in [1.165, 1.54) is 18.5 Å². The Labute approximate surface area is 126 Å². The summed E-state index contributed by atoms with van der Waals surface area (Å²) in [5, 5.41) is 5.50. The lowest BCUT2D eigenvalue weighted by Crippen LogP contribution is -2.15. The number of carbonyl (C=O) groups excluding carboxylic acids is 1. The van der Waals surface area contributed by atoms with E-state index in [0.717, 1.165) is 18.7 Å². The highest BCUT2D eigenvalue weighted by Crippen LogP contribution is 2.14. The number of halogens is 2. The zero-order chi connectivity index (χ0) is 16.1. The van der Waals surface area contributed by atoms with Crippen molar-refractivity contribution < 1.29 is 13.6 Å². The van der Waals surface area contributed by atoms with Gasteiger partial charge in [-0.3, -0.25) is 4.79 Å². The molecule has 2 N–H and O–H groups in total. The van der Waals surface area contributed by atoms with Gasteiger partial charge >= 0.3 is 0 Å². The molecule has 0 bridgehead atoms. The Balaban J connectivity index is 2.01. The van der Waals surface area contributed by atoms with Gasteiger partial charge in [0.1, 0.15) is 11.5 Å². The molecule has 0 spiro atoms. The number of hydrogen-bond donors (Lipinski definition) is 2. The molecular formula is C15H16F2N4O. The number of hydrogen-bond acceptors (Lipinski definition) is 4. The van der Waals surface area contributed by atoms with Crippen LogP contribution in [-0.2, 0) is 0 Å². The van der Waals surface area contributed by atoms with Crippen LogP contribution in [-0.4, -0.2) is 22.4 Å². The first-order chi connectivity index (χ1) is 10.5. The van der Waals surface area contributed by atoms with Crippen LogP contribution < -0.4 is 10.6 Å². The molecule has 1 aromatic carbocycles. The molecule has 1 heterocycles. The van der Waals surface area contributed by atoms with E-state index in [0.29, 0.717) is 11.7 Å². The molecule has 1 aromatic heterocycles. The quantitative estimate of drug-likeness (QED) is 0.891. The average molecular weight is 306 g/mol. The summed E-state index contributed by atoms with van der Waals surface area (Å²) in [6.07, 6.45) is 2.76. The van der Waals surface area contributed by atoms with Gasteiger partial charge in [0.2, 0.25) is 0 Å². The second-order valence-corrected chi connectivity index (χ2v) is 5.14. The Morgan fingerprint density at radius 2 is 1.95 bits per heavy atom. The second kappa shape index (κ2) is 6.93. The van der Waals surface area contributed by atoms with Crippen molar-refractivity contribution in [2.75, 3.05) is 17.2 Å². The number of rotatable bonds is 5. The lowest BCUT2D eigenvalue weighted by atomic mass is 10.2. The van der Waals surface area contributed by atoms with Crippen LogP contribution in [0.15, 0.2) is 30.6 Å². The van der Waals surface area contributed by atoms with Gasteiger partial charge in [0, 0.05) is 18.3 Å².